The van der Waals surface area contributed by atoms with Crippen molar-refractivity contribution in [2.24, 2.45) is 5.92 Å². The van der Waals surface area contributed by atoms with E-state index in [0.717, 1.165) is 36.5 Å². The highest BCUT2D eigenvalue weighted by molar-refractivity contribution is 7.89. The summed E-state index contributed by atoms with van der Waals surface area (Å²) in [6, 6.07) is 9.78. The zero-order chi connectivity index (χ0) is 21.2. The van der Waals surface area contributed by atoms with Gasteiger partial charge in [-0.1, -0.05) is 23.7 Å². The van der Waals surface area contributed by atoms with Crippen LogP contribution in [0.5, 0.6) is 5.75 Å². The second-order valence-corrected chi connectivity index (χ2v) is 8.91. The van der Waals surface area contributed by atoms with E-state index in [1.807, 2.05) is 24.3 Å². The SMILES string of the molecule is COc1ccccc1N1CCC(CNS(=O)(=O)c2cc(C(F)(F)F)ccc2Cl)C1. The van der Waals surface area contributed by atoms with Gasteiger partial charge in [-0.25, -0.2) is 13.1 Å². The number of halogens is 4. The zero-order valence-corrected chi connectivity index (χ0v) is 17.1. The summed E-state index contributed by atoms with van der Waals surface area (Å²) in [7, 11) is -2.60. The summed E-state index contributed by atoms with van der Waals surface area (Å²) in [5.74, 6) is 0.726. The third-order valence-corrected chi connectivity index (χ3v) is 6.73. The molecule has 1 heterocycles. The molecule has 0 bridgehead atoms. The maximum atomic E-state index is 12.9. The molecule has 1 aliphatic heterocycles. The minimum Gasteiger partial charge on any atom is -0.495 e. The molecule has 158 valence electrons. The molecule has 2 aromatic rings. The van der Waals surface area contributed by atoms with Crippen molar-refractivity contribution < 1.29 is 26.3 Å². The second-order valence-electron chi connectivity index (χ2n) is 6.77. The van der Waals surface area contributed by atoms with E-state index in [0.29, 0.717) is 12.6 Å². The molecular weight excluding hydrogens is 429 g/mol. The van der Waals surface area contributed by atoms with E-state index in [9.17, 15) is 21.6 Å². The van der Waals surface area contributed by atoms with E-state index >= 15 is 0 Å². The van der Waals surface area contributed by atoms with Crippen LogP contribution in [-0.2, 0) is 16.2 Å². The number of nitrogens with one attached hydrogen (secondary N) is 1. The summed E-state index contributed by atoms with van der Waals surface area (Å²) in [5, 5.41) is -0.257. The fraction of sp³-hybridized carbons (Fsp3) is 0.368. The predicted octanol–water partition coefficient (Wildman–Crippen LogP) is 4.17. The predicted molar refractivity (Wildman–Crippen MR) is 105 cm³/mol. The van der Waals surface area contributed by atoms with Gasteiger partial charge in [-0.05, 0) is 42.7 Å². The number of hydrogen-bond donors (Lipinski definition) is 1. The number of nitrogens with zero attached hydrogens (tertiary/aromatic N) is 1. The molecule has 10 heteroatoms. The smallest absolute Gasteiger partial charge is 0.416 e. The van der Waals surface area contributed by atoms with E-state index in [2.05, 4.69) is 9.62 Å². The van der Waals surface area contributed by atoms with Crippen molar-refractivity contribution in [3.05, 3.63) is 53.1 Å². The van der Waals surface area contributed by atoms with Crippen LogP contribution in [0.3, 0.4) is 0 Å². The third-order valence-electron chi connectivity index (χ3n) is 4.82. The van der Waals surface area contributed by atoms with Crippen molar-refractivity contribution in [2.75, 3.05) is 31.6 Å². The molecule has 0 saturated carbocycles. The van der Waals surface area contributed by atoms with Gasteiger partial charge >= 0.3 is 6.18 Å². The molecular formula is C19H20ClF3N2O3S. The molecule has 1 fully saturated rings. The van der Waals surface area contributed by atoms with Crippen LogP contribution in [0.4, 0.5) is 18.9 Å². The summed E-state index contributed by atoms with van der Waals surface area (Å²) in [5.41, 5.74) is -0.147. The van der Waals surface area contributed by atoms with Gasteiger partial charge in [-0.15, -0.1) is 0 Å². The molecule has 1 atom stereocenters. The Kier molecular flexibility index (Phi) is 6.30. The molecule has 3 rings (SSSR count). The zero-order valence-electron chi connectivity index (χ0n) is 15.5. The first-order valence-corrected chi connectivity index (χ1v) is 10.7. The fourth-order valence-corrected chi connectivity index (χ4v) is 4.94. The Hall–Kier alpha value is -1.97. The van der Waals surface area contributed by atoms with Crippen LogP contribution in [0.2, 0.25) is 5.02 Å². The van der Waals surface area contributed by atoms with E-state index in [1.165, 1.54) is 0 Å². The normalized spacial score (nSPS) is 17.6. The summed E-state index contributed by atoms with van der Waals surface area (Å²) in [6.07, 6.45) is -3.92. The Labute approximate surface area is 172 Å². The van der Waals surface area contributed by atoms with Gasteiger partial charge in [0.25, 0.3) is 0 Å². The highest BCUT2D eigenvalue weighted by Gasteiger charge is 2.33. The standard InChI is InChI=1S/C19H20ClF3N2O3S/c1-28-17-5-3-2-4-16(17)25-9-8-13(12-25)11-24-29(26,27)18-10-14(19(21,22)23)6-7-15(18)20/h2-7,10,13,24H,8-9,11-12H2,1H3. The lowest BCUT2D eigenvalue weighted by Gasteiger charge is -2.21. The maximum Gasteiger partial charge on any atom is 0.416 e. The van der Waals surface area contributed by atoms with Gasteiger partial charge in [0.1, 0.15) is 10.6 Å². The van der Waals surface area contributed by atoms with Crippen LogP contribution < -0.4 is 14.4 Å². The number of sulfonamides is 1. The van der Waals surface area contributed by atoms with Gasteiger partial charge in [-0.2, -0.15) is 13.2 Å². The van der Waals surface area contributed by atoms with E-state index < -0.39 is 26.7 Å². The Morgan fingerprint density at radius 1 is 1.24 bits per heavy atom. The summed E-state index contributed by atoms with van der Waals surface area (Å²) in [6.45, 7) is 1.41. The van der Waals surface area contributed by atoms with Crippen molar-refractivity contribution in [3.63, 3.8) is 0 Å². The van der Waals surface area contributed by atoms with Gasteiger partial charge < -0.3 is 9.64 Å². The van der Waals surface area contributed by atoms with Crippen LogP contribution >= 0.6 is 11.6 Å². The Morgan fingerprint density at radius 3 is 2.66 bits per heavy atom. The Balaban J connectivity index is 1.69. The van der Waals surface area contributed by atoms with Gasteiger partial charge in [0, 0.05) is 19.6 Å². The molecule has 1 aliphatic rings. The van der Waals surface area contributed by atoms with Crippen LogP contribution in [0.15, 0.2) is 47.4 Å². The third kappa shape index (κ3) is 4.96. The van der Waals surface area contributed by atoms with Crippen LogP contribution in [0.25, 0.3) is 0 Å². The molecule has 29 heavy (non-hydrogen) atoms. The number of benzene rings is 2. The second kappa shape index (κ2) is 8.41. The largest absolute Gasteiger partial charge is 0.495 e. The van der Waals surface area contributed by atoms with E-state index in [-0.39, 0.29) is 17.5 Å². The molecule has 0 aromatic heterocycles. The van der Waals surface area contributed by atoms with Crippen molar-refractivity contribution in [3.8, 4) is 5.75 Å². The molecule has 0 aliphatic carbocycles. The first-order valence-electron chi connectivity index (χ1n) is 8.86. The monoisotopic (exact) mass is 448 g/mol. The molecule has 1 saturated heterocycles. The molecule has 1 unspecified atom stereocenters. The molecule has 5 nitrogen and oxygen atoms in total. The number of anilines is 1. The van der Waals surface area contributed by atoms with Gasteiger partial charge in [0.05, 0.1) is 23.4 Å². The van der Waals surface area contributed by atoms with Crippen LogP contribution in [0, 0.1) is 5.92 Å². The lowest BCUT2D eigenvalue weighted by molar-refractivity contribution is -0.137. The number of rotatable bonds is 6. The number of alkyl halides is 3. The lowest BCUT2D eigenvalue weighted by Crippen LogP contribution is -2.31. The Morgan fingerprint density at radius 2 is 1.97 bits per heavy atom. The van der Waals surface area contributed by atoms with E-state index in [4.69, 9.17) is 16.3 Å². The average molecular weight is 449 g/mol. The fourth-order valence-electron chi connectivity index (χ4n) is 3.30. The number of methoxy groups -OCH3 is 1. The van der Waals surface area contributed by atoms with Crippen LogP contribution in [-0.4, -0.2) is 35.2 Å². The number of para-hydroxylation sites is 2. The maximum absolute atomic E-state index is 12.9. The van der Waals surface area contributed by atoms with Gasteiger partial charge in [0.15, 0.2) is 0 Å². The molecule has 0 amide bonds. The Bertz CT molecular complexity index is 983. The average Bonchev–Trinajstić information content (AvgIpc) is 3.14. The van der Waals surface area contributed by atoms with Crippen molar-refractivity contribution in [1.29, 1.82) is 0 Å². The quantitative estimate of drug-likeness (QED) is 0.720. The topological polar surface area (TPSA) is 58.6 Å². The van der Waals surface area contributed by atoms with Crippen molar-refractivity contribution >= 4 is 27.3 Å². The first kappa shape index (κ1) is 21.7. The van der Waals surface area contributed by atoms with E-state index in [1.54, 1.807) is 7.11 Å². The minimum absolute atomic E-state index is 0.000684. The number of hydrogen-bond acceptors (Lipinski definition) is 4. The minimum atomic E-state index is -4.66. The molecule has 0 spiro atoms. The summed E-state index contributed by atoms with van der Waals surface area (Å²) >= 11 is 5.85. The summed E-state index contributed by atoms with van der Waals surface area (Å²) < 4.78 is 71.6. The molecule has 0 radical (unpaired) electrons. The van der Waals surface area contributed by atoms with Gasteiger partial charge in [0.2, 0.25) is 10.0 Å². The van der Waals surface area contributed by atoms with Gasteiger partial charge in [-0.3, -0.25) is 0 Å². The lowest BCUT2D eigenvalue weighted by atomic mass is 10.1. The van der Waals surface area contributed by atoms with Crippen LogP contribution in [0.1, 0.15) is 12.0 Å². The molecule has 2 aromatic carbocycles. The first-order chi connectivity index (χ1) is 13.6. The highest BCUT2D eigenvalue weighted by atomic mass is 35.5. The molecule has 1 N–H and O–H groups in total. The summed E-state index contributed by atoms with van der Waals surface area (Å²) in [4.78, 5) is 1.52. The number of ether oxygens (including phenoxy) is 1. The highest BCUT2D eigenvalue weighted by Crippen LogP contribution is 2.34. The van der Waals surface area contributed by atoms with Crippen molar-refractivity contribution in [2.45, 2.75) is 17.5 Å². The van der Waals surface area contributed by atoms with Crippen molar-refractivity contribution in [1.82, 2.24) is 4.72 Å².